The Morgan fingerprint density at radius 3 is 2.54 bits per heavy atom. The first-order valence-corrected chi connectivity index (χ1v) is 9.87. The summed E-state index contributed by atoms with van der Waals surface area (Å²) < 4.78 is 0. The first-order valence-electron chi connectivity index (χ1n) is 9.87. The van der Waals surface area contributed by atoms with E-state index in [1.807, 2.05) is 19.1 Å². The predicted molar refractivity (Wildman–Crippen MR) is 112 cm³/mol. The molecule has 0 spiro atoms. The first kappa shape index (κ1) is 20.2. The fraction of sp³-hybridized carbons (Fsp3) is 0.391. The molecule has 1 fully saturated rings. The molecule has 148 valence electrons. The Balaban J connectivity index is 1.88. The van der Waals surface area contributed by atoms with Crippen LogP contribution < -0.4 is 5.32 Å². The van der Waals surface area contributed by atoms with E-state index in [2.05, 4.69) is 54.5 Å². The molecule has 0 saturated carbocycles. The second kappa shape index (κ2) is 9.13. The highest BCUT2D eigenvalue weighted by Gasteiger charge is 2.51. The maximum atomic E-state index is 13.1. The van der Waals surface area contributed by atoms with Crippen LogP contribution in [-0.2, 0) is 0 Å². The summed E-state index contributed by atoms with van der Waals surface area (Å²) in [7, 11) is 0. The Hall–Kier alpha value is -2.50. The summed E-state index contributed by atoms with van der Waals surface area (Å²) in [6.45, 7) is 6.78. The Morgan fingerprint density at radius 2 is 1.96 bits per heavy atom. The first-order chi connectivity index (χ1) is 13.6. The van der Waals surface area contributed by atoms with Crippen LogP contribution in [-0.4, -0.2) is 52.2 Å². The van der Waals surface area contributed by atoms with E-state index >= 15 is 0 Å². The molecule has 2 heterocycles. The number of allylic oxidation sites excluding steroid dienone is 1. The number of rotatable bonds is 7. The Bertz CT molecular complexity index is 802. The van der Waals surface area contributed by atoms with Gasteiger partial charge in [0.2, 0.25) is 0 Å². The van der Waals surface area contributed by atoms with Crippen molar-refractivity contribution >= 4 is 12.0 Å². The lowest BCUT2D eigenvalue weighted by Gasteiger charge is -2.55. The Morgan fingerprint density at radius 1 is 1.21 bits per heavy atom. The second-order valence-corrected chi connectivity index (χ2v) is 7.50. The van der Waals surface area contributed by atoms with Gasteiger partial charge >= 0.3 is 0 Å². The van der Waals surface area contributed by atoms with Gasteiger partial charge in [0.15, 0.2) is 0 Å². The lowest BCUT2D eigenvalue weighted by Crippen LogP contribution is -2.68. The molecule has 0 bridgehead atoms. The third kappa shape index (κ3) is 4.16. The summed E-state index contributed by atoms with van der Waals surface area (Å²) in [5.74, 6) is -0.0411. The number of hydrogen-bond acceptors (Lipinski definition) is 4. The summed E-state index contributed by atoms with van der Waals surface area (Å²) >= 11 is 0. The molecule has 1 aliphatic heterocycles. The minimum Gasteiger partial charge on any atom is -0.394 e. The van der Waals surface area contributed by atoms with Gasteiger partial charge in [-0.15, -0.1) is 0 Å². The highest BCUT2D eigenvalue weighted by molar-refractivity contribution is 5.93. The molecule has 3 rings (SSSR count). The molecular formula is C23H29N3O2. The number of amides is 1. The summed E-state index contributed by atoms with van der Waals surface area (Å²) in [4.78, 5) is 19.1. The van der Waals surface area contributed by atoms with Gasteiger partial charge in [-0.05, 0) is 30.2 Å². The normalized spacial score (nSPS) is 21.9. The molecular weight excluding hydrogens is 350 g/mol. The molecule has 2 N–H and O–H groups in total. The molecule has 1 saturated heterocycles. The Labute approximate surface area is 167 Å². The largest absolute Gasteiger partial charge is 0.394 e. The standard InChI is InChI=1S/C23H29N3O2/c1-4-7-17-9-11-18(12-10-17)22-20(14-25-16(2)3)26(21(22)15-27)23(28)19-8-5-6-13-24-19/h4-13,16,20-22,25,27H,14-15H2,1-3H3/b7-4+/t20-,21+,22+/m1/s1. The molecule has 28 heavy (non-hydrogen) atoms. The van der Waals surface area contributed by atoms with Crippen LogP contribution >= 0.6 is 0 Å². The number of hydrogen-bond donors (Lipinski definition) is 2. The number of nitrogens with one attached hydrogen (secondary N) is 1. The van der Waals surface area contributed by atoms with E-state index in [0.29, 0.717) is 18.3 Å². The van der Waals surface area contributed by atoms with Crippen molar-refractivity contribution in [2.24, 2.45) is 0 Å². The van der Waals surface area contributed by atoms with Gasteiger partial charge in [-0.3, -0.25) is 9.78 Å². The van der Waals surface area contributed by atoms with E-state index in [1.54, 1.807) is 23.2 Å². The van der Waals surface area contributed by atoms with E-state index in [9.17, 15) is 9.90 Å². The maximum Gasteiger partial charge on any atom is 0.273 e. The number of carbonyl (C=O) groups excluding carboxylic acids is 1. The summed E-state index contributed by atoms with van der Waals surface area (Å²) in [6.07, 6.45) is 5.69. The van der Waals surface area contributed by atoms with Crippen LogP contribution in [0.3, 0.4) is 0 Å². The van der Waals surface area contributed by atoms with Gasteiger partial charge in [0.05, 0.1) is 18.7 Å². The molecule has 3 atom stereocenters. The van der Waals surface area contributed by atoms with E-state index in [4.69, 9.17) is 0 Å². The minimum atomic E-state index is -0.249. The van der Waals surface area contributed by atoms with Gasteiger partial charge in [0.1, 0.15) is 5.69 Å². The molecule has 0 unspecified atom stereocenters. The van der Waals surface area contributed by atoms with Crippen molar-refractivity contribution in [2.45, 2.75) is 44.8 Å². The number of benzene rings is 1. The number of aliphatic hydroxyl groups excluding tert-OH is 1. The fourth-order valence-electron chi connectivity index (χ4n) is 3.92. The van der Waals surface area contributed by atoms with Crippen molar-refractivity contribution in [3.05, 3.63) is 71.6 Å². The zero-order valence-corrected chi connectivity index (χ0v) is 16.7. The maximum absolute atomic E-state index is 13.1. The highest BCUT2D eigenvalue weighted by Crippen LogP contribution is 2.41. The molecule has 1 amide bonds. The third-order valence-corrected chi connectivity index (χ3v) is 5.26. The number of aliphatic hydroxyl groups is 1. The van der Waals surface area contributed by atoms with E-state index in [1.165, 1.54) is 0 Å². The van der Waals surface area contributed by atoms with Gasteiger partial charge < -0.3 is 15.3 Å². The Kier molecular flexibility index (Phi) is 6.60. The number of carbonyl (C=O) groups is 1. The van der Waals surface area contributed by atoms with Crippen molar-refractivity contribution in [3.8, 4) is 0 Å². The average Bonchev–Trinajstić information content (AvgIpc) is 2.69. The highest BCUT2D eigenvalue weighted by atomic mass is 16.3. The second-order valence-electron chi connectivity index (χ2n) is 7.50. The molecule has 5 nitrogen and oxygen atoms in total. The van der Waals surface area contributed by atoms with Crippen LogP contribution in [0.25, 0.3) is 6.08 Å². The van der Waals surface area contributed by atoms with E-state index in [0.717, 1.165) is 11.1 Å². The average molecular weight is 380 g/mol. The molecule has 5 heteroatoms. The van der Waals surface area contributed by atoms with Crippen molar-refractivity contribution in [1.82, 2.24) is 15.2 Å². The molecule has 1 aromatic carbocycles. The number of pyridine rings is 1. The molecule has 1 aromatic heterocycles. The SMILES string of the molecule is C/C=C/c1ccc([C@H]2[C@@H](CNC(C)C)N(C(=O)c3ccccn3)[C@H]2CO)cc1. The van der Waals surface area contributed by atoms with Crippen molar-refractivity contribution < 1.29 is 9.90 Å². The zero-order valence-electron chi connectivity index (χ0n) is 16.7. The van der Waals surface area contributed by atoms with Crippen molar-refractivity contribution in [3.63, 3.8) is 0 Å². The van der Waals surface area contributed by atoms with Gasteiger partial charge in [-0.25, -0.2) is 0 Å². The van der Waals surface area contributed by atoms with E-state index < -0.39 is 0 Å². The minimum absolute atomic E-state index is 0.0263. The van der Waals surface area contributed by atoms with Gasteiger partial charge in [0.25, 0.3) is 5.91 Å². The number of aromatic nitrogens is 1. The third-order valence-electron chi connectivity index (χ3n) is 5.26. The van der Waals surface area contributed by atoms with Gasteiger partial charge in [-0.1, -0.05) is 56.3 Å². The molecule has 2 aromatic rings. The number of likely N-dealkylation sites (tertiary alicyclic amines) is 1. The lowest BCUT2D eigenvalue weighted by molar-refractivity contribution is -0.0255. The quantitative estimate of drug-likeness (QED) is 0.776. The van der Waals surface area contributed by atoms with Gasteiger partial charge in [-0.2, -0.15) is 0 Å². The van der Waals surface area contributed by atoms with Crippen LogP contribution in [0.1, 0.15) is 48.3 Å². The smallest absolute Gasteiger partial charge is 0.273 e. The predicted octanol–water partition coefficient (Wildman–Crippen LogP) is 3.08. The van der Waals surface area contributed by atoms with Crippen LogP contribution in [0.5, 0.6) is 0 Å². The van der Waals surface area contributed by atoms with Crippen LogP contribution in [0.4, 0.5) is 0 Å². The number of nitrogens with zero attached hydrogens (tertiary/aromatic N) is 2. The molecule has 0 aliphatic carbocycles. The van der Waals surface area contributed by atoms with Crippen molar-refractivity contribution in [2.75, 3.05) is 13.2 Å². The topological polar surface area (TPSA) is 65.5 Å². The molecule has 1 aliphatic rings. The summed E-state index contributed by atoms with van der Waals surface area (Å²) in [6, 6.07) is 13.8. The van der Waals surface area contributed by atoms with Crippen molar-refractivity contribution in [1.29, 1.82) is 0 Å². The summed E-state index contributed by atoms with van der Waals surface area (Å²) in [5, 5.41) is 13.5. The fourth-order valence-corrected chi connectivity index (χ4v) is 3.92. The monoisotopic (exact) mass is 379 g/mol. The lowest BCUT2D eigenvalue weighted by atomic mass is 9.74. The van der Waals surface area contributed by atoms with Crippen LogP contribution in [0.15, 0.2) is 54.7 Å². The zero-order chi connectivity index (χ0) is 20.1. The van der Waals surface area contributed by atoms with Crippen LogP contribution in [0, 0.1) is 0 Å². The van der Waals surface area contributed by atoms with Gasteiger partial charge in [0, 0.05) is 24.7 Å². The molecule has 0 radical (unpaired) electrons. The summed E-state index contributed by atoms with van der Waals surface area (Å²) in [5.41, 5.74) is 2.70. The van der Waals surface area contributed by atoms with Crippen LogP contribution in [0.2, 0.25) is 0 Å². The van der Waals surface area contributed by atoms with E-state index in [-0.39, 0.29) is 30.5 Å².